The zero-order chi connectivity index (χ0) is 15.1. The number of nitrogens with zero attached hydrogens (tertiary/aromatic N) is 1. The molecule has 4 N–H and O–H groups in total. The topological polar surface area (TPSA) is 87.5 Å². The number of nitrogens with two attached hydrogens (primary N) is 1. The number of anilines is 1. The van der Waals surface area contributed by atoms with Gasteiger partial charge >= 0.3 is 6.03 Å². The molecule has 1 aromatic rings. The molecule has 0 aliphatic carbocycles. The van der Waals surface area contributed by atoms with Crippen LogP contribution in [0.15, 0.2) is 30.3 Å². The number of benzene rings is 1. The largest absolute Gasteiger partial charge is 0.381 e. The SMILES string of the molecule is NC(=O)NCCC(=O)N1CCCC(Nc2ccccc2)C1. The molecule has 1 aromatic carbocycles. The summed E-state index contributed by atoms with van der Waals surface area (Å²) in [5.74, 6) is 0.0586. The smallest absolute Gasteiger partial charge is 0.312 e. The molecule has 6 heteroatoms. The van der Waals surface area contributed by atoms with Gasteiger partial charge in [0.05, 0.1) is 0 Å². The van der Waals surface area contributed by atoms with Crippen LogP contribution < -0.4 is 16.4 Å². The van der Waals surface area contributed by atoms with Gasteiger partial charge in [-0.1, -0.05) is 18.2 Å². The summed E-state index contributed by atoms with van der Waals surface area (Å²) in [4.78, 5) is 24.5. The average molecular weight is 290 g/mol. The zero-order valence-corrected chi connectivity index (χ0v) is 12.0. The van der Waals surface area contributed by atoms with Crippen molar-refractivity contribution in [3.8, 4) is 0 Å². The summed E-state index contributed by atoms with van der Waals surface area (Å²) in [6.07, 6.45) is 2.33. The molecule has 114 valence electrons. The van der Waals surface area contributed by atoms with Crippen LogP contribution in [0.3, 0.4) is 0 Å². The molecule has 0 spiro atoms. The maximum absolute atomic E-state index is 12.1. The summed E-state index contributed by atoms with van der Waals surface area (Å²) < 4.78 is 0. The van der Waals surface area contributed by atoms with E-state index in [-0.39, 0.29) is 11.9 Å². The highest BCUT2D eigenvalue weighted by atomic mass is 16.2. The normalized spacial score (nSPS) is 18.1. The van der Waals surface area contributed by atoms with Gasteiger partial charge in [-0.05, 0) is 25.0 Å². The van der Waals surface area contributed by atoms with E-state index in [1.165, 1.54) is 0 Å². The Morgan fingerprint density at radius 1 is 1.29 bits per heavy atom. The molecular weight excluding hydrogens is 268 g/mol. The van der Waals surface area contributed by atoms with Gasteiger partial charge in [-0.25, -0.2) is 4.79 Å². The molecule has 0 bridgehead atoms. The third kappa shape index (κ3) is 4.98. The van der Waals surface area contributed by atoms with Crippen molar-refractivity contribution in [3.63, 3.8) is 0 Å². The molecule has 6 nitrogen and oxygen atoms in total. The minimum absolute atomic E-state index is 0.0586. The van der Waals surface area contributed by atoms with Crippen LogP contribution >= 0.6 is 0 Å². The van der Waals surface area contributed by atoms with E-state index in [4.69, 9.17) is 5.73 Å². The highest BCUT2D eigenvalue weighted by Crippen LogP contribution is 2.16. The van der Waals surface area contributed by atoms with Crippen molar-refractivity contribution in [2.75, 3.05) is 25.0 Å². The summed E-state index contributed by atoms with van der Waals surface area (Å²) in [5, 5.41) is 5.90. The molecule has 21 heavy (non-hydrogen) atoms. The van der Waals surface area contributed by atoms with E-state index in [0.717, 1.165) is 25.1 Å². The Morgan fingerprint density at radius 3 is 2.76 bits per heavy atom. The van der Waals surface area contributed by atoms with E-state index in [2.05, 4.69) is 10.6 Å². The number of rotatable bonds is 5. The van der Waals surface area contributed by atoms with E-state index in [0.29, 0.717) is 19.5 Å². The lowest BCUT2D eigenvalue weighted by atomic mass is 10.0. The second-order valence-corrected chi connectivity index (χ2v) is 5.23. The lowest BCUT2D eigenvalue weighted by Crippen LogP contribution is -2.46. The number of piperidine rings is 1. The monoisotopic (exact) mass is 290 g/mol. The maximum atomic E-state index is 12.1. The summed E-state index contributed by atoms with van der Waals surface area (Å²) >= 11 is 0. The van der Waals surface area contributed by atoms with Crippen LogP contribution in [0.1, 0.15) is 19.3 Å². The number of para-hydroxylation sites is 1. The van der Waals surface area contributed by atoms with Crippen molar-refractivity contribution in [2.45, 2.75) is 25.3 Å². The van der Waals surface area contributed by atoms with Gasteiger partial charge in [0, 0.05) is 37.8 Å². The first-order chi connectivity index (χ1) is 10.1. The maximum Gasteiger partial charge on any atom is 0.312 e. The van der Waals surface area contributed by atoms with Gasteiger partial charge in [-0.2, -0.15) is 0 Å². The zero-order valence-electron chi connectivity index (χ0n) is 12.0. The Labute approximate surface area is 124 Å². The van der Waals surface area contributed by atoms with E-state index >= 15 is 0 Å². The van der Waals surface area contributed by atoms with Gasteiger partial charge in [0.25, 0.3) is 0 Å². The molecular formula is C15H22N4O2. The highest BCUT2D eigenvalue weighted by Gasteiger charge is 2.23. The van der Waals surface area contributed by atoms with Crippen LogP contribution in [0.2, 0.25) is 0 Å². The van der Waals surface area contributed by atoms with Gasteiger partial charge in [0.1, 0.15) is 0 Å². The first-order valence-corrected chi connectivity index (χ1v) is 7.28. The van der Waals surface area contributed by atoms with Crippen molar-refractivity contribution >= 4 is 17.6 Å². The van der Waals surface area contributed by atoms with Crippen LogP contribution in [-0.2, 0) is 4.79 Å². The van der Waals surface area contributed by atoms with Crippen molar-refractivity contribution in [3.05, 3.63) is 30.3 Å². The van der Waals surface area contributed by atoms with Gasteiger partial charge < -0.3 is 21.3 Å². The number of primary amides is 1. The lowest BCUT2D eigenvalue weighted by Gasteiger charge is -2.33. The quantitative estimate of drug-likeness (QED) is 0.760. The molecule has 0 radical (unpaired) electrons. The molecule has 2 rings (SSSR count). The molecule has 0 aromatic heterocycles. The number of hydrogen-bond donors (Lipinski definition) is 3. The van der Waals surface area contributed by atoms with Crippen LogP contribution in [0, 0.1) is 0 Å². The lowest BCUT2D eigenvalue weighted by molar-refractivity contribution is -0.132. The Balaban J connectivity index is 1.80. The summed E-state index contributed by atoms with van der Waals surface area (Å²) in [7, 11) is 0. The highest BCUT2D eigenvalue weighted by molar-refractivity contribution is 5.78. The molecule has 1 heterocycles. The fourth-order valence-corrected chi connectivity index (χ4v) is 2.54. The van der Waals surface area contributed by atoms with Crippen LogP contribution in [-0.4, -0.2) is 42.5 Å². The Hall–Kier alpha value is -2.24. The standard InChI is InChI=1S/C15H22N4O2/c16-15(21)17-9-8-14(20)19-10-4-7-13(11-19)18-12-5-2-1-3-6-12/h1-3,5-6,13,18H,4,7-11H2,(H3,16,17,21). The van der Waals surface area contributed by atoms with Gasteiger partial charge in [0.15, 0.2) is 0 Å². The van der Waals surface area contributed by atoms with Crippen molar-refractivity contribution in [1.82, 2.24) is 10.2 Å². The minimum Gasteiger partial charge on any atom is -0.381 e. The molecule has 0 saturated carbocycles. The summed E-state index contributed by atoms with van der Waals surface area (Å²) in [6, 6.07) is 9.69. The van der Waals surface area contributed by atoms with Gasteiger partial charge in [-0.3, -0.25) is 4.79 Å². The number of carbonyl (C=O) groups excluding carboxylic acids is 2. The second kappa shape index (κ2) is 7.52. The molecule has 1 aliphatic rings. The van der Waals surface area contributed by atoms with Crippen molar-refractivity contribution in [2.24, 2.45) is 5.73 Å². The first kappa shape index (κ1) is 15.2. The predicted octanol–water partition coefficient (Wildman–Crippen LogP) is 1.15. The molecule has 1 saturated heterocycles. The molecule has 1 aliphatic heterocycles. The Morgan fingerprint density at radius 2 is 2.05 bits per heavy atom. The van der Waals surface area contributed by atoms with Crippen molar-refractivity contribution < 1.29 is 9.59 Å². The molecule has 1 fully saturated rings. The number of nitrogens with one attached hydrogen (secondary N) is 2. The number of amides is 3. The Bertz CT molecular complexity index is 478. The fourth-order valence-electron chi connectivity index (χ4n) is 2.54. The van der Waals surface area contributed by atoms with Gasteiger partial charge in [-0.15, -0.1) is 0 Å². The minimum atomic E-state index is -0.593. The number of hydrogen-bond acceptors (Lipinski definition) is 3. The van der Waals surface area contributed by atoms with Crippen LogP contribution in [0.4, 0.5) is 10.5 Å². The number of urea groups is 1. The van der Waals surface area contributed by atoms with Crippen molar-refractivity contribution in [1.29, 1.82) is 0 Å². The number of likely N-dealkylation sites (tertiary alicyclic amines) is 1. The average Bonchev–Trinajstić information content (AvgIpc) is 2.48. The van der Waals surface area contributed by atoms with Gasteiger partial charge in [0.2, 0.25) is 5.91 Å². The summed E-state index contributed by atoms with van der Waals surface area (Å²) in [5.41, 5.74) is 6.06. The van der Waals surface area contributed by atoms with Crippen LogP contribution in [0.25, 0.3) is 0 Å². The third-order valence-electron chi connectivity index (χ3n) is 3.56. The molecule has 3 amide bonds. The molecule has 1 atom stereocenters. The fraction of sp³-hybridized carbons (Fsp3) is 0.467. The van der Waals surface area contributed by atoms with E-state index < -0.39 is 6.03 Å². The van der Waals surface area contributed by atoms with E-state index in [1.807, 2.05) is 35.2 Å². The second-order valence-electron chi connectivity index (χ2n) is 5.23. The number of carbonyl (C=O) groups is 2. The molecule has 1 unspecified atom stereocenters. The Kier molecular flexibility index (Phi) is 5.43. The van der Waals surface area contributed by atoms with Crippen LogP contribution in [0.5, 0.6) is 0 Å². The van der Waals surface area contributed by atoms with E-state index in [9.17, 15) is 9.59 Å². The predicted molar refractivity (Wildman–Crippen MR) is 81.9 cm³/mol. The third-order valence-corrected chi connectivity index (χ3v) is 3.56. The first-order valence-electron chi connectivity index (χ1n) is 7.28. The van der Waals surface area contributed by atoms with E-state index in [1.54, 1.807) is 0 Å². The summed E-state index contributed by atoms with van der Waals surface area (Å²) in [6.45, 7) is 1.77.